The van der Waals surface area contributed by atoms with Gasteiger partial charge in [-0.3, -0.25) is 9.88 Å². The van der Waals surface area contributed by atoms with Gasteiger partial charge in [0.1, 0.15) is 6.20 Å². The maximum absolute atomic E-state index is 12.5. The second-order valence-corrected chi connectivity index (χ2v) is 4.80. The third kappa shape index (κ3) is 1.45. The molecule has 2 fully saturated rings. The van der Waals surface area contributed by atoms with Crippen LogP contribution in [0.5, 0.6) is 5.88 Å². The molecule has 0 aromatic carbocycles. The molecule has 0 bridgehead atoms. The molecule has 20 heavy (non-hydrogen) atoms. The minimum Gasteiger partial charge on any atom is -0.493 e. The Labute approximate surface area is 113 Å². The summed E-state index contributed by atoms with van der Waals surface area (Å²) in [5.74, 6) is -0.352. The van der Waals surface area contributed by atoms with Crippen molar-refractivity contribution in [1.82, 2.24) is 29.6 Å². The summed E-state index contributed by atoms with van der Waals surface area (Å²) in [5.41, 5.74) is -0.647. The number of nitrogens with zero attached hydrogens (tertiary/aromatic N) is 4. The van der Waals surface area contributed by atoms with Crippen molar-refractivity contribution in [2.24, 2.45) is 0 Å². The number of hydrogen-bond acceptors (Lipinski definition) is 4. The van der Waals surface area contributed by atoms with Crippen LogP contribution in [0, 0.1) is 0 Å². The number of carbonyl (C=O) groups excluding carboxylic acids is 2. The van der Waals surface area contributed by atoms with Crippen molar-refractivity contribution in [3.05, 3.63) is 16.7 Å². The third-order valence-corrected chi connectivity index (χ3v) is 3.66. The van der Waals surface area contributed by atoms with E-state index < -0.39 is 22.5 Å². The number of amides is 4. The fraction of sp³-hybridized carbons (Fsp3) is 0.500. The van der Waals surface area contributed by atoms with Crippen molar-refractivity contribution in [2.75, 3.05) is 33.2 Å². The molecule has 2 aliphatic rings. The first-order valence-electron chi connectivity index (χ1n) is 6.18. The fourth-order valence-electron chi connectivity index (χ4n) is 2.69. The minimum absolute atomic E-state index is 0.236. The molecule has 4 amide bonds. The summed E-state index contributed by atoms with van der Waals surface area (Å²) >= 11 is 0. The number of quaternary nitrogens is 1. The fourth-order valence-corrected chi connectivity index (χ4v) is 2.69. The molecular formula is C10H15N6O4+. The molecule has 10 nitrogen and oxygen atoms in total. The van der Waals surface area contributed by atoms with Crippen LogP contribution in [0.4, 0.5) is 9.59 Å². The van der Waals surface area contributed by atoms with E-state index in [0.717, 1.165) is 10.9 Å². The molecule has 3 N–H and O–H groups in total. The highest BCUT2D eigenvalue weighted by atomic mass is 16.3. The number of carbonyl (C=O) groups is 2. The molecule has 0 aliphatic carbocycles. The van der Waals surface area contributed by atoms with Crippen LogP contribution in [0.1, 0.15) is 0 Å². The molecule has 2 saturated heterocycles. The van der Waals surface area contributed by atoms with Crippen LogP contribution in [-0.4, -0.2) is 70.0 Å². The van der Waals surface area contributed by atoms with Gasteiger partial charge in [-0.25, -0.2) is 14.4 Å². The van der Waals surface area contributed by atoms with Crippen LogP contribution in [0.2, 0.25) is 0 Å². The average Bonchev–Trinajstić information content (AvgIpc) is 3.03. The smallest absolute Gasteiger partial charge is 0.469 e. The number of aromatic nitrogens is 2. The zero-order chi connectivity index (χ0) is 14.5. The van der Waals surface area contributed by atoms with E-state index in [1.807, 2.05) is 0 Å². The van der Waals surface area contributed by atoms with E-state index in [1.165, 1.54) is 9.91 Å². The number of aromatic amines is 1. The van der Waals surface area contributed by atoms with Crippen LogP contribution in [0.3, 0.4) is 0 Å². The van der Waals surface area contributed by atoms with Gasteiger partial charge in [0.05, 0.1) is 13.1 Å². The monoisotopic (exact) mass is 283 g/mol. The average molecular weight is 283 g/mol. The molecule has 0 spiro atoms. The van der Waals surface area contributed by atoms with Gasteiger partial charge in [-0.05, 0) is 4.70 Å². The molecule has 1 atom stereocenters. The summed E-state index contributed by atoms with van der Waals surface area (Å²) < 4.78 is 0.463. The first kappa shape index (κ1) is 12.5. The Morgan fingerprint density at radius 3 is 2.50 bits per heavy atom. The first-order chi connectivity index (χ1) is 9.46. The summed E-state index contributed by atoms with van der Waals surface area (Å²) in [6.07, 6.45) is 1.13. The maximum Gasteiger partial charge on any atom is 0.469 e. The minimum atomic E-state index is -0.647. The van der Waals surface area contributed by atoms with E-state index in [4.69, 9.17) is 0 Å². The first-order valence-corrected chi connectivity index (χ1v) is 6.18. The molecule has 3 rings (SSSR count). The Kier molecular flexibility index (Phi) is 2.51. The van der Waals surface area contributed by atoms with Crippen molar-refractivity contribution in [1.29, 1.82) is 0 Å². The summed E-state index contributed by atoms with van der Waals surface area (Å²) in [6, 6.07) is -0.815. The highest BCUT2D eigenvalue weighted by Crippen LogP contribution is 2.22. The van der Waals surface area contributed by atoms with Gasteiger partial charge in [0, 0.05) is 13.6 Å². The third-order valence-electron chi connectivity index (χ3n) is 3.66. The van der Waals surface area contributed by atoms with Crippen LogP contribution >= 0.6 is 0 Å². The van der Waals surface area contributed by atoms with Crippen molar-refractivity contribution in [2.45, 2.75) is 0 Å². The van der Waals surface area contributed by atoms with Gasteiger partial charge in [0.15, 0.2) is 6.54 Å². The number of nitrogens with one attached hydrogen (secondary N) is 2. The van der Waals surface area contributed by atoms with Gasteiger partial charge < -0.3 is 10.4 Å². The molecule has 10 heteroatoms. The molecule has 3 heterocycles. The van der Waals surface area contributed by atoms with Gasteiger partial charge in [0.25, 0.3) is 0 Å². The molecular weight excluding hydrogens is 268 g/mol. The summed E-state index contributed by atoms with van der Waals surface area (Å²) in [5, 5.41) is 13.3. The van der Waals surface area contributed by atoms with Gasteiger partial charge in [-0.2, -0.15) is 0 Å². The highest BCUT2D eigenvalue weighted by Gasteiger charge is 2.57. The van der Waals surface area contributed by atoms with E-state index in [0.29, 0.717) is 19.6 Å². The van der Waals surface area contributed by atoms with Crippen molar-refractivity contribution < 1.29 is 14.7 Å². The second kappa shape index (κ2) is 4.00. The predicted octanol–water partition coefficient (Wildman–Crippen LogP) is -1.67. The van der Waals surface area contributed by atoms with E-state index in [9.17, 15) is 19.5 Å². The number of H-pyrrole nitrogens is 1. The van der Waals surface area contributed by atoms with Crippen LogP contribution in [-0.2, 0) is 0 Å². The van der Waals surface area contributed by atoms with Crippen LogP contribution < -0.4 is 15.7 Å². The largest absolute Gasteiger partial charge is 0.493 e. The SMILES string of the molecule is CN1CC[N+](N2CCNC2=O)(n2cc(O)[nH]c2=O)C1=O. The Bertz CT molecular complexity index is 636. The highest BCUT2D eigenvalue weighted by molar-refractivity contribution is 5.87. The Morgan fingerprint density at radius 2 is 2.05 bits per heavy atom. The lowest BCUT2D eigenvalue weighted by Gasteiger charge is -2.34. The lowest BCUT2D eigenvalue weighted by atomic mass is 10.6. The lowest BCUT2D eigenvalue weighted by Crippen LogP contribution is -2.72. The summed E-state index contributed by atoms with van der Waals surface area (Å²) in [6.45, 7) is 1.35. The van der Waals surface area contributed by atoms with Crippen LogP contribution in [0.15, 0.2) is 11.0 Å². The van der Waals surface area contributed by atoms with Crippen molar-refractivity contribution >= 4 is 12.1 Å². The van der Waals surface area contributed by atoms with Gasteiger partial charge in [0.2, 0.25) is 5.88 Å². The molecule has 2 aliphatic heterocycles. The van der Waals surface area contributed by atoms with E-state index >= 15 is 0 Å². The molecule has 1 aromatic heterocycles. The van der Waals surface area contributed by atoms with E-state index in [-0.39, 0.29) is 12.4 Å². The molecule has 0 radical (unpaired) electrons. The van der Waals surface area contributed by atoms with Crippen molar-refractivity contribution in [3.63, 3.8) is 0 Å². The molecule has 0 saturated carbocycles. The zero-order valence-electron chi connectivity index (χ0n) is 10.9. The maximum atomic E-state index is 12.5. The number of likely N-dealkylation sites (N-methyl/N-ethyl adjacent to an activating group) is 1. The second-order valence-electron chi connectivity index (χ2n) is 4.80. The van der Waals surface area contributed by atoms with Gasteiger partial charge in [-0.15, -0.1) is 9.69 Å². The summed E-state index contributed by atoms with van der Waals surface area (Å²) in [7, 11) is 1.61. The Hall–Kier alpha value is -2.49. The number of imidazole rings is 1. The quantitative estimate of drug-likeness (QED) is 0.563. The number of urea groups is 2. The Morgan fingerprint density at radius 1 is 1.30 bits per heavy atom. The number of rotatable bonds is 2. The normalized spacial score (nSPS) is 26.4. The predicted molar refractivity (Wildman–Crippen MR) is 67.2 cm³/mol. The molecule has 108 valence electrons. The lowest BCUT2D eigenvalue weighted by molar-refractivity contribution is -0.00449. The van der Waals surface area contributed by atoms with E-state index in [1.54, 1.807) is 7.05 Å². The number of aromatic hydroxyl groups is 1. The van der Waals surface area contributed by atoms with Gasteiger partial charge in [-0.1, -0.05) is 0 Å². The van der Waals surface area contributed by atoms with Crippen molar-refractivity contribution in [3.8, 4) is 5.88 Å². The summed E-state index contributed by atoms with van der Waals surface area (Å²) in [4.78, 5) is 40.1. The van der Waals surface area contributed by atoms with E-state index in [2.05, 4.69) is 10.3 Å². The van der Waals surface area contributed by atoms with Crippen LogP contribution in [0.25, 0.3) is 0 Å². The zero-order valence-corrected chi connectivity index (χ0v) is 10.9. The standard InChI is InChI=1S/C10H14N6O4/c1-13-4-5-16(10(13)20,14-3-2-11-8(14)18)15-6-7(17)12-9(15)19/h6H,2-5H2,1H3,(H2-,11,12,17,18,19)/p+1. The molecule has 1 unspecified atom stereocenters. The number of hydrogen-bond donors (Lipinski definition) is 3. The molecule has 1 aromatic rings. The Balaban J connectivity index is 2.19. The van der Waals surface area contributed by atoms with Gasteiger partial charge >= 0.3 is 17.8 Å². The topological polar surface area (TPSA) is 111 Å².